The highest BCUT2D eigenvalue weighted by Crippen LogP contribution is 2.45. The Morgan fingerprint density at radius 1 is 0.214 bits per heavy atom. The van der Waals surface area contributed by atoms with Gasteiger partial charge in [0.2, 0.25) is 0 Å². The standard InChI is InChI=1S/C42H28/c1-3-11-29(12-4-1)36-25-26-39-40(28-36)42(32-14-5-2-6-15-32)38-18-10-9-17-37(38)41(39)33-22-19-31(20-23-33)35-24-21-30-13-7-8-16-34(30)27-35/h1-28H. The molecule has 0 fully saturated rings. The maximum Gasteiger partial charge on any atom is -0.00262 e. The molecule has 0 unspecified atom stereocenters. The van der Waals surface area contributed by atoms with Gasteiger partial charge in [0.25, 0.3) is 0 Å². The van der Waals surface area contributed by atoms with E-state index in [1.807, 2.05) is 0 Å². The Kier molecular flexibility index (Phi) is 5.90. The van der Waals surface area contributed by atoms with Gasteiger partial charge in [-0.3, -0.25) is 0 Å². The fourth-order valence-corrected chi connectivity index (χ4v) is 6.41. The smallest absolute Gasteiger partial charge is 0.00262 e. The molecule has 0 heteroatoms. The third-order valence-electron chi connectivity index (χ3n) is 8.45. The second-order valence-electron chi connectivity index (χ2n) is 10.9. The molecule has 0 N–H and O–H groups in total. The molecule has 0 aliphatic heterocycles. The molecule has 0 aliphatic rings. The first-order valence-electron chi connectivity index (χ1n) is 14.5. The van der Waals surface area contributed by atoms with Crippen LogP contribution in [0.5, 0.6) is 0 Å². The van der Waals surface area contributed by atoms with Gasteiger partial charge in [-0.15, -0.1) is 0 Å². The Hall–Kier alpha value is -5.46. The fraction of sp³-hybridized carbons (Fsp3) is 0. The quantitative estimate of drug-likeness (QED) is 0.198. The van der Waals surface area contributed by atoms with Crippen molar-refractivity contribution in [3.8, 4) is 44.5 Å². The molecule has 8 aromatic rings. The summed E-state index contributed by atoms with van der Waals surface area (Å²) in [5.41, 5.74) is 9.96. The minimum absolute atomic E-state index is 1.23. The number of fused-ring (bicyclic) bond motifs is 3. The molecule has 0 atom stereocenters. The summed E-state index contributed by atoms with van der Waals surface area (Å²) < 4.78 is 0. The van der Waals surface area contributed by atoms with Crippen LogP contribution in [0.2, 0.25) is 0 Å². The molecule has 0 saturated heterocycles. The van der Waals surface area contributed by atoms with Crippen molar-refractivity contribution in [1.82, 2.24) is 0 Å². The lowest BCUT2D eigenvalue weighted by Crippen LogP contribution is -1.92. The van der Waals surface area contributed by atoms with Gasteiger partial charge in [-0.25, -0.2) is 0 Å². The summed E-state index contributed by atoms with van der Waals surface area (Å²) in [4.78, 5) is 0. The first-order chi connectivity index (χ1) is 20.8. The van der Waals surface area contributed by atoms with Crippen LogP contribution in [0.4, 0.5) is 0 Å². The van der Waals surface area contributed by atoms with Gasteiger partial charge >= 0.3 is 0 Å². The molecule has 0 nitrogen and oxygen atoms in total. The molecule has 0 spiro atoms. The van der Waals surface area contributed by atoms with Gasteiger partial charge in [-0.1, -0.05) is 158 Å². The number of hydrogen-bond acceptors (Lipinski definition) is 0. The van der Waals surface area contributed by atoms with Crippen molar-refractivity contribution >= 4 is 32.3 Å². The third-order valence-corrected chi connectivity index (χ3v) is 8.45. The van der Waals surface area contributed by atoms with E-state index in [9.17, 15) is 0 Å². The molecule has 0 saturated carbocycles. The van der Waals surface area contributed by atoms with Crippen molar-refractivity contribution in [3.63, 3.8) is 0 Å². The lowest BCUT2D eigenvalue weighted by molar-refractivity contribution is 1.62. The van der Waals surface area contributed by atoms with E-state index in [-0.39, 0.29) is 0 Å². The van der Waals surface area contributed by atoms with Gasteiger partial charge in [0, 0.05) is 0 Å². The highest BCUT2D eigenvalue weighted by molar-refractivity contribution is 6.22. The summed E-state index contributed by atoms with van der Waals surface area (Å²) in [6.07, 6.45) is 0. The van der Waals surface area contributed by atoms with E-state index in [4.69, 9.17) is 0 Å². The Morgan fingerprint density at radius 2 is 0.643 bits per heavy atom. The largest absolute Gasteiger partial charge is 0.0622 e. The van der Waals surface area contributed by atoms with Crippen molar-refractivity contribution in [3.05, 3.63) is 170 Å². The second kappa shape index (κ2) is 10.2. The molecular formula is C42H28. The van der Waals surface area contributed by atoms with E-state index >= 15 is 0 Å². The second-order valence-corrected chi connectivity index (χ2v) is 10.9. The zero-order valence-electron chi connectivity index (χ0n) is 23.2. The lowest BCUT2D eigenvalue weighted by Gasteiger charge is -2.19. The van der Waals surface area contributed by atoms with Crippen LogP contribution >= 0.6 is 0 Å². The fourth-order valence-electron chi connectivity index (χ4n) is 6.41. The van der Waals surface area contributed by atoms with Crippen molar-refractivity contribution < 1.29 is 0 Å². The van der Waals surface area contributed by atoms with Gasteiger partial charge in [0.15, 0.2) is 0 Å². The van der Waals surface area contributed by atoms with E-state index in [2.05, 4.69) is 170 Å². The highest BCUT2D eigenvalue weighted by Gasteiger charge is 2.17. The van der Waals surface area contributed by atoms with Crippen molar-refractivity contribution in [2.75, 3.05) is 0 Å². The van der Waals surface area contributed by atoms with E-state index in [0.29, 0.717) is 0 Å². The van der Waals surface area contributed by atoms with Crippen molar-refractivity contribution in [2.45, 2.75) is 0 Å². The summed E-state index contributed by atoms with van der Waals surface area (Å²) in [5, 5.41) is 7.62. The number of rotatable bonds is 4. The molecule has 0 aliphatic carbocycles. The first kappa shape index (κ1) is 24.3. The predicted molar refractivity (Wildman–Crippen MR) is 181 cm³/mol. The van der Waals surface area contributed by atoms with Crippen LogP contribution in [0.15, 0.2) is 170 Å². The number of benzene rings is 8. The van der Waals surface area contributed by atoms with Gasteiger partial charge in [0.05, 0.1) is 0 Å². The zero-order valence-corrected chi connectivity index (χ0v) is 23.2. The van der Waals surface area contributed by atoms with Crippen molar-refractivity contribution in [1.29, 1.82) is 0 Å². The zero-order chi connectivity index (χ0) is 27.9. The average molecular weight is 533 g/mol. The van der Waals surface area contributed by atoms with Crippen LogP contribution in [0.1, 0.15) is 0 Å². The van der Waals surface area contributed by atoms with Crippen molar-refractivity contribution in [2.24, 2.45) is 0 Å². The molecule has 0 bridgehead atoms. The molecule has 8 rings (SSSR count). The summed E-state index contributed by atoms with van der Waals surface area (Å²) in [7, 11) is 0. The van der Waals surface area contributed by atoms with Crippen LogP contribution in [-0.4, -0.2) is 0 Å². The predicted octanol–water partition coefficient (Wildman–Crippen LogP) is 11.8. The minimum atomic E-state index is 1.23. The molecule has 0 radical (unpaired) electrons. The van der Waals surface area contributed by atoms with E-state index < -0.39 is 0 Å². The van der Waals surface area contributed by atoms with E-state index in [1.165, 1.54) is 76.8 Å². The molecule has 0 aromatic heterocycles. The third kappa shape index (κ3) is 4.17. The van der Waals surface area contributed by atoms with Crippen LogP contribution in [-0.2, 0) is 0 Å². The Morgan fingerprint density at radius 3 is 1.36 bits per heavy atom. The van der Waals surface area contributed by atoms with Crippen LogP contribution in [0.3, 0.4) is 0 Å². The highest BCUT2D eigenvalue weighted by atomic mass is 14.2. The summed E-state index contributed by atoms with van der Waals surface area (Å²) in [6.45, 7) is 0. The van der Waals surface area contributed by atoms with Gasteiger partial charge in [-0.2, -0.15) is 0 Å². The normalized spacial score (nSPS) is 11.3. The molecule has 196 valence electrons. The van der Waals surface area contributed by atoms with E-state index in [1.54, 1.807) is 0 Å². The van der Waals surface area contributed by atoms with Gasteiger partial charge in [-0.05, 0) is 89.0 Å². The first-order valence-corrected chi connectivity index (χ1v) is 14.5. The molecule has 0 heterocycles. The van der Waals surface area contributed by atoms with Crippen LogP contribution < -0.4 is 0 Å². The van der Waals surface area contributed by atoms with Crippen LogP contribution in [0.25, 0.3) is 76.8 Å². The van der Waals surface area contributed by atoms with Gasteiger partial charge in [0.1, 0.15) is 0 Å². The number of hydrogen-bond donors (Lipinski definition) is 0. The van der Waals surface area contributed by atoms with E-state index in [0.717, 1.165) is 0 Å². The lowest BCUT2D eigenvalue weighted by atomic mass is 9.84. The maximum absolute atomic E-state index is 2.38. The molecular weight excluding hydrogens is 504 g/mol. The minimum Gasteiger partial charge on any atom is -0.0622 e. The SMILES string of the molecule is c1ccc(-c2ccc3c(-c4ccc(-c5ccc6ccccc6c5)cc4)c4ccccc4c(-c4ccccc4)c3c2)cc1. The topological polar surface area (TPSA) is 0 Å². The monoisotopic (exact) mass is 532 g/mol. The van der Waals surface area contributed by atoms with Gasteiger partial charge < -0.3 is 0 Å². The van der Waals surface area contributed by atoms with Crippen LogP contribution in [0, 0.1) is 0 Å². The Labute approximate surface area is 246 Å². The summed E-state index contributed by atoms with van der Waals surface area (Å²) >= 11 is 0. The molecule has 42 heavy (non-hydrogen) atoms. The Bertz CT molecular complexity index is 2210. The molecule has 8 aromatic carbocycles. The molecule has 0 amide bonds. The summed E-state index contributed by atoms with van der Waals surface area (Å²) in [5.74, 6) is 0. The Balaban J connectivity index is 1.37. The summed E-state index contributed by atoms with van der Waals surface area (Å²) in [6, 6.07) is 61.7. The average Bonchev–Trinajstić information content (AvgIpc) is 3.07. The maximum atomic E-state index is 2.38.